The molecule has 1 aliphatic heterocycles. The van der Waals surface area contributed by atoms with E-state index in [0.717, 1.165) is 6.42 Å². The molecule has 0 radical (unpaired) electrons. The summed E-state index contributed by atoms with van der Waals surface area (Å²) in [5.74, 6) is -1.02. The van der Waals surface area contributed by atoms with E-state index in [0.29, 0.717) is 25.7 Å². The predicted molar refractivity (Wildman–Crippen MR) is 99.4 cm³/mol. The van der Waals surface area contributed by atoms with Crippen LogP contribution in [-0.2, 0) is 9.53 Å². The summed E-state index contributed by atoms with van der Waals surface area (Å²) in [5, 5.41) is 38.6. The van der Waals surface area contributed by atoms with Crippen LogP contribution in [0.1, 0.15) is 51.9 Å². The lowest BCUT2D eigenvalue weighted by molar-refractivity contribution is -0.199. The molecule has 0 aromatic heterocycles. The Balaban J connectivity index is 2.56. The lowest BCUT2D eigenvalue weighted by atomic mass is 9.87. The quantitative estimate of drug-likeness (QED) is 0.330. The number of ether oxygens (including phenoxy) is 1. The zero-order valence-electron chi connectivity index (χ0n) is 15.4. The van der Waals surface area contributed by atoms with Crippen LogP contribution in [0.5, 0.6) is 0 Å². The molecule has 1 saturated heterocycles. The minimum atomic E-state index is -1.02. The van der Waals surface area contributed by atoms with Crippen molar-refractivity contribution in [2.24, 2.45) is 5.92 Å². The molecule has 1 fully saturated rings. The smallest absolute Gasteiger partial charge is 0.303 e. The van der Waals surface area contributed by atoms with Crippen molar-refractivity contribution in [3.63, 3.8) is 0 Å². The first-order valence-corrected chi connectivity index (χ1v) is 9.33. The van der Waals surface area contributed by atoms with Crippen LogP contribution in [0.2, 0.25) is 0 Å². The van der Waals surface area contributed by atoms with Crippen molar-refractivity contribution in [1.82, 2.24) is 0 Å². The fourth-order valence-electron chi connectivity index (χ4n) is 2.88. The molecule has 148 valence electrons. The average molecular weight is 368 g/mol. The van der Waals surface area contributed by atoms with Gasteiger partial charge in [0.2, 0.25) is 0 Å². The molecule has 0 aliphatic carbocycles. The van der Waals surface area contributed by atoms with Crippen LogP contribution < -0.4 is 0 Å². The molecule has 0 amide bonds. The molecule has 4 N–H and O–H groups in total. The van der Waals surface area contributed by atoms with Crippen LogP contribution in [0.4, 0.5) is 0 Å². The number of unbranched alkanes of at least 4 members (excludes halogenated alkanes) is 1. The molecule has 0 aromatic rings. The van der Waals surface area contributed by atoms with Crippen molar-refractivity contribution in [1.29, 1.82) is 0 Å². The standard InChI is InChI=1S/C20H32O6/c1-2-3-6-9-15(21)12-13-18-16(17(22)14-20(25)26-18)10-7-4-5-8-11-19(23)24/h3-4,6-7,12-13,15-18,20-22,25H,2,5,8-11,14H2,1H3,(H,23,24)/b6-3+,7-4-,13-12-/t15-,16-,17-,18+,20-/m0/s1. The highest BCUT2D eigenvalue weighted by Gasteiger charge is 2.35. The van der Waals surface area contributed by atoms with Crippen molar-refractivity contribution in [3.8, 4) is 0 Å². The first-order valence-electron chi connectivity index (χ1n) is 9.33. The number of aliphatic hydroxyl groups is 3. The van der Waals surface area contributed by atoms with Crippen LogP contribution in [0.15, 0.2) is 36.5 Å². The van der Waals surface area contributed by atoms with E-state index in [2.05, 4.69) is 0 Å². The van der Waals surface area contributed by atoms with Crippen molar-refractivity contribution < 1.29 is 30.0 Å². The Morgan fingerprint density at radius 2 is 2.00 bits per heavy atom. The summed E-state index contributed by atoms with van der Waals surface area (Å²) in [6.07, 6.45) is 11.8. The summed E-state index contributed by atoms with van der Waals surface area (Å²) < 4.78 is 5.52. The second-order valence-electron chi connectivity index (χ2n) is 6.58. The van der Waals surface area contributed by atoms with Gasteiger partial charge in [-0.05, 0) is 32.1 Å². The van der Waals surface area contributed by atoms with Gasteiger partial charge in [-0.15, -0.1) is 0 Å². The maximum Gasteiger partial charge on any atom is 0.303 e. The Morgan fingerprint density at radius 1 is 1.23 bits per heavy atom. The number of carboxylic acid groups (broad SMARTS) is 1. The third-order valence-corrected chi connectivity index (χ3v) is 4.31. The number of hydrogen-bond acceptors (Lipinski definition) is 5. The largest absolute Gasteiger partial charge is 0.481 e. The van der Waals surface area contributed by atoms with E-state index >= 15 is 0 Å². The van der Waals surface area contributed by atoms with E-state index in [1.165, 1.54) is 0 Å². The molecule has 0 saturated carbocycles. The van der Waals surface area contributed by atoms with Crippen molar-refractivity contribution in [2.45, 2.75) is 76.5 Å². The number of carbonyl (C=O) groups is 1. The molecule has 1 aliphatic rings. The molecule has 0 spiro atoms. The molecule has 0 aromatic carbocycles. The lowest BCUT2D eigenvalue weighted by Gasteiger charge is -2.36. The summed E-state index contributed by atoms with van der Waals surface area (Å²) in [4.78, 5) is 10.5. The maximum absolute atomic E-state index is 10.5. The minimum absolute atomic E-state index is 0.140. The van der Waals surface area contributed by atoms with Crippen LogP contribution in [-0.4, -0.2) is 51.0 Å². The summed E-state index contributed by atoms with van der Waals surface area (Å²) in [7, 11) is 0. The predicted octanol–water partition coefficient (Wildman–Crippen LogP) is 2.55. The van der Waals surface area contributed by atoms with Gasteiger partial charge in [-0.2, -0.15) is 0 Å². The molecule has 0 bridgehead atoms. The van der Waals surface area contributed by atoms with E-state index in [1.807, 2.05) is 31.2 Å². The van der Waals surface area contributed by atoms with Crippen molar-refractivity contribution in [2.75, 3.05) is 0 Å². The van der Waals surface area contributed by atoms with E-state index in [-0.39, 0.29) is 18.8 Å². The summed E-state index contributed by atoms with van der Waals surface area (Å²) >= 11 is 0. The number of rotatable bonds is 11. The Hall–Kier alpha value is -1.47. The van der Waals surface area contributed by atoms with Gasteiger partial charge in [-0.3, -0.25) is 4.79 Å². The molecule has 5 atom stereocenters. The second-order valence-corrected chi connectivity index (χ2v) is 6.58. The molecule has 1 rings (SSSR count). The highest BCUT2D eigenvalue weighted by atomic mass is 16.6. The van der Waals surface area contributed by atoms with Crippen LogP contribution >= 0.6 is 0 Å². The molecule has 6 nitrogen and oxygen atoms in total. The van der Waals surface area contributed by atoms with E-state index in [9.17, 15) is 20.1 Å². The second kappa shape index (κ2) is 12.8. The first-order chi connectivity index (χ1) is 12.4. The van der Waals surface area contributed by atoms with Crippen molar-refractivity contribution in [3.05, 3.63) is 36.5 Å². The van der Waals surface area contributed by atoms with Crippen LogP contribution in [0.3, 0.4) is 0 Å². The lowest BCUT2D eigenvalue weighted by Crippen LogP contribution is -2.43. The van der Waals surface area contributed by atoms with E-state index in [4.69, 9.17) is 9.84 Å². The molecular weight excluding hydrogens is 336 g/mol. The number of hydrogen-bond donors (Lipinski definition) is 4. The van der Waals surface area contributed by atoms with Gasteiger partial charge in [0, 0.05) is 18.8 Å². The average Bonchev–Trinajstić information content (AvgIpc) is 2.57. The molecule has 0 unspecified atom stereocenters. The van der Waals surface area contributed by atoms with Gasteiger partial charge in [0.05, 0.1) is 18.3 Å². The highest BCUT2D eigenvalue weighted by molar-refractivity contribution is 5.66. The monoisotopic (exact) mass is 368 g/mol. The first kappa shape index (κ1) is 22.6. The number of allylic oxidation sites excluding steroid dienone is 3. The fourth-order valence-corrected chi connectivity index (χ4v) is 2.88. The Morgan fingerprint density at radius 3 is 2.69 bits per heavy atom. The van der Waals surface area contributed by atoms with Gasteiger partial charge in [-0.1, -0.05) is 43.4 Å². The third-order valence-electron chi connectivity index (χ3n) is 4.31. The zero-order chi connectivity index (χ0) is 19.4. The number of aliphatic carboxylic acids is 1. The summed E-state index contributed by atoms with van der Waals surface area (Å²) in [5.41, 5.74) is 0. The summed E-state index contributed by atoms with van der Waals surface area (Å²) in [6.45, 7) is 2.02. The van der Waals surface area contributed by atoms with Gasteiger partial charge in [0.1, 0.15) is 0 Å². The Bertz CT molecular complexity index is 485. The molecule has 1 heterocycles. The van der Waals surface area contributed by atoms with Gasteiger partial charge in [0.15, 0.2) is 6.29 Å². The SMILES string of the molecule is CC/C=C/C[C@H](O)/C=C\[C@H]1O[C@H](O)C[C@H](O)[C@@H]1C/C=C\CCCC(=O)O. The maximum atomic E-state index is 10.5. The molecule has 6 heteroatoms. The highest BCUT2D eigenvalue weighted by Crippen LogP contribution is 2.29. The van der Waals surface area contributed by atoms with Gasteiger partial charge >= 0.3 is 5.97 Å². The van der Waals surface area contributed by atoms with Gasteiger partial charge < -0.3 is 25.2 Å². The number of carboxylic acids is 1. The van der Waals surface area contributed by atoms with E-state index in [1.54, 1.807) is 12.2 Å². The van der Waals surface area contributed by atoms with Gasteiger partial charge in [0.25, 0.3) is 0 Å². The Kier molecular flexibility index (Phi) is 11.1. The van der Waals surface area contributed by atoms with Gasteiger partial charge in [-0.25, -0.2) is 0 Å². The fraction of sp³-hybridized carbons (Fsp3) is 0.650. The zero-order valence-corrected chi connectivity index (χ0v) is 15.4. The Labute approximate surface area is 155 Å². The van der Waals surface area contributed by atoms with Crippen molar-refractivity contribution >= 4 is 5.97 Å². The number of aliphatic hydroxyl groups excluding tert-OH is 3. The third kappa shape index (κ3) is 9.29. The minimum Gasteiger partial charge on any atom is -0.481 e. The molecular formula is C20H32O6. The normalized spacial score (nSPS) is 28.3. The van der Waals surface area contributed by atoms with Crippen LogP contribution in [0.25, 0.3) is 0 Å². The molecule has 26 heavy (non-hydrogen) atoms. The summed E-state index contributed by atoms with van der Waals surface area (Å²) in [6, 6.07) is 0. The van der Waals surface area contributed by atoms with Crippen LogP contribution in [0, 0.1) is 5.92 Å². The van der Waals surface area contributed by atoms with E-state index < -0.39 is 30.6 Å². The topological polar surface area (TPSA) is 107 Å².